The molecule has 1 N–H and O–H groups in total. The summed E-state index contributed by atoms with van der Waals surface area (Å²) in [6.07, 6.45) is 0.761. The number of carboxylic acid groups (broad SMARTS) is 1. The van der Waals surface area contributed by atoms with E-state index in [9.17, 15) is 14.7 Å². The number of carbonyl (C=O) groups is 2. The molecule has 0 heterocycles. The van der Waals surface area contributed by atoms with Gasteiger partial charge in [-0.05, 0) is 38.3 Å². The van der Waals surface area contributed by atoms with E-state index >= 15 is 0 Å². The second-order valence-electron chi connectivity index (χ2n) is 8.19. The molecule has 0 bridgehead atoms. The molecule has 8 heteroatoms. The molecule has 1 aromatic carbocycles. The minimum absolute atomic E-state index is 0.120. The van der Waals surface area contributed by atoms with Crippen LogP contribution in [0, 0.1) is 17.3 Å². The quantitative estimate of drug-likeness (QED) is 0.421. The van der Waals surface area contributed by atoms with Gasteiger partial charge in [0, 0.05) is 31.4 Å². The highest BCUT2D eigenvalue weighted by Crippen LogP contribution is 2.37. The number of para-hydroxylation sites is 1. The van der Waals surface area contributed by atoms with Crippen LogP contribution in [-0.2, 0) is 22.9 Å². The molecular formula is C23H39NO6Si. The van der Waals surface area contributed by atoms with Crippen LogP contribution in [0.5, 0.6) is 0 Å². The van der Waals surface area contributed by atoms with Crippen molar-refractivity contribution < 1.29 is 28.0 Å². The first-order valence-corrected chi connectivity index (χ1v) is 13.0. The van der Waals surface area contributed by atoms with Gasteiger partial charge in [-0.1, -0.05) is 52.3 Å². The van der Waals surface area contributed by atoms with Gasteiger partial charge in [-0.15, -0.1) is 0 Å². The lowest BCUT2D eigenvalue weighted by molar-refractivity contribution is -0.151. The Morgan fingerprint density at radius 1 is 1.00 bits per heavy atom. The van der Waals surface area contributed by atoms with E-state index in [1.807, 2.05) is 71.9 Å². The molecule has 2 unspecified atom stereocenters. The number of aliphatic carboxylic acids is 1. The first-order valence-electron chi connectivity index (χ1n) is 11.1. The third-order valence-corrected chi connectivity index (χ3v) is 8.58. The minimum atomic E-state index is -3.21. The van der Waals surface area contributed by atoms with Crippen molar-refractivity contribution in [2.75, 3.05) is 30.9 Å². The van der Waals surface area contributed by atoms with Crippen molar-refractivity contribution in [3.63, 3.8) is 0 Å². The van der Waals surface area contributed by atoms with E-state index in [1.54, 1.807) is 11.8 Å². The van der Waals surface area contributed by atoms with E-state index in [-0.39, 0.29) is 12.1 Å². The molecule has 0 saturated heterocycles. The number of hydrogen-bond acceptors (Lipinski definition) is 5. The van der Waals surface area contributed by atoms with Gasteiger partial charge < -0.3 is 23.3 Å². The van der Waals surface area contributed by atoms with Crippen LogP contribution in [0.3, 0.4) is 0 Å². The molecule has 176 valence electrons. The summed E-state index contributed by atoms with van der Waals surface area (Å²) in [5, 5.41) is 9.96. The Hall–Kier alpha value is -1.74. The van der Waals surface area contributed by atoms with E-state index in [0.29, 0.717) is 31.9 Å². The molecule has 1 amide bonds. The number of benzene rings is 1. The number of rotatable bonds is 14. The molecular weight excluding hydrogens is 414 g/mol. The summed E-state index contributed by atoms with van der Waals surface area (Å²) in [6, 6.07) is 9.21. The molecule has 31 heavy (non-hydrogen) atoms. The Kier molecular flexibility index (Phi) is 10.9. The van der Waals surface area contributed by atoms with Gasteiger partial charge in [0.25, 0.3) is 0 Å². The van der Waals surface area contributed by atoms with E-state index in [4.69, 9.17) is 13.3 Å². The molecule has 1 rings (SSSR count). The SMILES string of the molecule is CCO[Si](CN(C(=O)C(C)C(C(=O)O)C(C)(C)CC)c1ccccc1)(OCC)OCC. The van der Waals surface area contributed by atoms with Crippen molar-refractivity contribution in [3.05, 3.63) is 30.3 Å². The van der Waals surface area contributed by atoms with Crippen LogP contribution in [0.4, 0.5) is 5.69 Å². The average molecular weight is 454 g/mol. The van der Waals surface area contributed by atoms with Crippen molar-refractivity contribution in [2.45, 2.75) is 54.9 Å². The second-order valence-corrected chi connectivity index (χ2v) is 10.7. The van der Waals surface area contributed by atoms with Crippen LogP contribution in [0.15, 0.2) is 30.3 Å². The van der Waals surface area contributed by atoms with Crippen LogP contribution in [0.2, 0.25) is 0 Å². The van der Waals surface area contributed by atoms with Crippen LogP contribution in [0.1, 0.15) is 54.9 Å². The van der Waals surface area contributed by atoms with Gasteiger partial charge in [-0.25, -0.2) is 0 Å². The maximum absolute atomic E-state index is 13.8. The highest BCUT2D eigenvalue weighted by atomic mass is 28.4. The summed E-state index contributed by atoms with van der Waals surface area (Å²) in [5.41, 5.74) is 0.117. The third-order valence-electron chi connectivity index (χ3n) is 5.69. The van der Waals surface area contributed by atoms with E-state index in [0.717, 1.165) is 0 Å². The van der Waals surface area contributed by atoms with Crippen molar-refractivity contribution in [1.29, 1.82) is 0 Å². The maximum atomic E-state index is 13.8. The largest absolute Gasteiger partial charge is 0.521 e. The number of nitrogens with zero attached hydrogens (tertiary/aromatic N) is 1. The van der Waals surface area contributed by atoms with Gasteiger partial charge in [0.05, 0.1) is 12.1 Å². The lowest BCUT2D eigenvalue weighted by Gasteiger charge is -2.38. The Labute approximate surface area is 188 Å². The Balaban J connectivity index is 3.44. The fourth-order valence-corrected chi connectivity index (χ4v) is 6.42. The van der Waals surface area contributed by atoms with Gasteiger partial charge in [0.15, 0.2) is 0 Å². The summed E-state index contributed by atoms with van der Waals surface area (Å²) < 4.78 is 17.9. The predicted octanol–water partition coefficient (Wildman–Crippen LogP) is 4.38. The summed E-state index contributed by atoms with van der Waals surface area (Å²) in [5.74, 6) is -2.83. The normalized spacial score (nSPS) is 14.2. The molecule has 0 aliphatic rings. The monoisotopic (exact) mass is 453 g/mol. The Morgan fingerprint density at radius 2 is 1.48 bits per heavy atom. The zero-order chi connectivity index (χ0) is 23.7. The number of carbonyl (C=O) groups excluding carboxylic acids is 1. The number of carboxylic acids is 1. The van der Waals surface area contributed by atoms with Gasteiger partial charge in [-0.2, -0.15) is 0 Å². The predicted molar refractivity (Wildman–Crippen MR) is 124 cm³/mol. The number of hydrogen-bond donors (Lipinski definition) is 1. The fourth-order valence-electron chi connectivity index (χ4n) is 3.85. The molecule has 0 aromatic heterocycles. The highest BCUT2D eigenvalue weighted by Gasteiger charge is 2.47. The van der Waals surface area contributed by atoms with Crippen LogP contribution in [0.25, 0.3) is 0 Å². The molecule has 0 fully saturated rings. The summed E-state index contributed by atoms with van der Waals surface area (Å²) in [7, 11) is -3.21. The zero-order valence-electron chi connectivity index (χ0n) is 20.0. The van der Waals surface area contributed by atoms with Crippen molar-refractivity contribution in [1.82, 2.24) is 0 Å². The first kappa shape index (κ1) is 27.3. The lowest BCUT2D eigenvalue weighted by Crippen LogP contribution is -2.58. The third kappa shape index (κ3) is 7.13. The standard InChI is InChI=1S/C23H39NO6Si/c1-8-23(6,7)20(22(26)27)18(5)21(25)24(19-15-13-12-14-16-19)17-31(28-9-2,29-10-3)30-11-4/h12-16,18,20H,8-11,17H2,1-7H3,(H,26,27). The summed E-state index contributed by atoms with van der Waals surface area (Å²) in [6.45, 7) is 14.2. The highest BCUT2D eigenvalue weighted by molar-refractivity contribution is 6.62. The molecule has 0 radical (unpaired) electrons. The van der Waals surface area contributed by atoms with Crippen LogP contribution >= 0.6 is 0 Å². The summed E-state index contributed by atoms with van der Waals surface area (Å²) in [4.78, 5) is 27.5. The smallest absolute Gasteiger partial charge is 0.481 e. The van der Waals surface area contributed by atoms with Crippen LogP contribution < -0.4 is 4.90 Å². The number of amides is 1. The molecule has 1 aromatic rings. The first-order chi connectivity index (χ1) is 14.6. The van der Waals surface area contributed by atoms with Gasteiger partial charge >= 0.3 is 14.8 Å². The Morgan fingerprint density at radius 3 is 1.87 bits per heavy atom. The lowest BCUT2D eigenvalue weighted by atomic mass is 9.70. The van der Waals surface area contributed by atoms with E-state index < -0.39 is 32.0 Å². The maximum Gasteiger partial charge on any atom is 0.521 e. The van der Waals surface area contributed by atoms with E-state index in [2.05, 4.69) is 0 Å². The second kappa shape index (κ2) is 12.3. The van der Waals surface area contributed by atoms with Gasteiger partial charge in [-0.3, -0.25) is 9.59 Å². The molecule has 2 atom stereocenters. The van der Waals surface area contributed by atoms with Gasteiger partial charge in [0.2, 0.25) is 5.91 Å². The van der Waals surface area contributed by atoms with Crippen LogP contribution in [-0.4, -0.2) is 51.8 Å². The summed E-state index contributed by atoms with van der Waals surface area (Å²) >= 11 is 0. The fraction of sp³-hybridized carbons (Fsp3) is 0.652. The van der Waals surface area contributed by atoms with E-state index in [1.165, 1.54) is 0 Å². The zero-order valence-corrected chi connectivity index (χ0v) is 21.0. The topological polar surface area (TPSA) is 85.3 Å². The number of anilines is 1. The average Bonchev–Trinajstić information content (AvgIpc) is 2.72. The molecule has 0 aliphatic carbocycles. The van der Waals surface area contributed by atoms with Crippen molar-refractivity contribution in [3.8, 4) is 0 Å². The molecule has 0 aliphatic heterocycles. The molecule has 7 nitrogen and oxygen atoms in total. The minimum Gasteiger partial charge on any atom is -0.481 e. The van der Waals surface area contributed by atoms with Gasteiger partial charge in [0.1, 0.15) is 0 Å². The molecule has 0 saturated carbocycles. The van der Waals surface area contributed by atoms with Crippen molar-refractivity contribution >= 4 is 26.4 Å². The Bertz CT molecular complexity index is 680. The molecule has 0 spiro atoms. The van der Waals surface area contributed by atoms with Crippen molar-refractivity contribution in [2.24, 2.45) is 17.3 Å².